The molecule has 168 valence electrons. The first-order valence-electron chi connectivity index (χ1n) is 10.3. The number of amides is 1. The van der Waals surface area contributed by atoms with Crippen LogP contribution in [0.1, 0.15) is 46.8 Å². The number of piperidine rings is 1. The zero-order chi connectivity index (χ0) is 22.4. The van der Waals surface area contributed by atoms with E-state index in [9.17, 15) is 13.2 Å². The van der Waals surface area contributed by atoms with Gasteiger partial charge in [0.25, 0.3) is 0 Å². The van der Waals surface area contributed by atoms with Crippen LogP contribution in [-0.2, 0) is 26.2 Å². The van der Waals surface area contributed by atoms with Crippen LogP contribution in [0.15, 0.2) is 42.7 Å². The van der Waals surface area contributed by atoms with Crippen molar-refractivity contribution >= 4 is 15.9 Å². The third-order valence-corrected chi connectivity index (χ3v) is 7.89. The summed E-state index contributed by atoms with van der Waals surface area (Å²) in [5.74, 6) is -0.760. The Bertz CT molecular complexity index is 989. The van der Waals surface area contributed by atoms with Crippen LogP contribution in [0.5, 0.6) is 0 Å². The van der Waals surface area contributed by atoms with Gasteiger partial charge in [0.2, 0.25) is 15.9 Å². The number of ether oxygens (including phenoxy) is 1. The van der Waals surface area contributed by atoms with Crippen molar-refractivity contribution in [3.63, 3.8) is 0 Å². The first-order chi connectivity index (χ1) is 14.8. The van der Waals surface area contributed by atoms with Crippen molar-refractivity contribution in [3.05, 3.63) is 65.0 Å². The summed E-state index contributed by atoms with van der Waals surface area (Å²) in [7, 11) is -3.82. The molecule has 2 N–H and O–H groups in total. The molecule has 0 unspecified atom stereocenters. The number of aromatic nitrogens is 1. The highest BCUT2D eigenvalue weighted by Crippen LogP contribution is 2.31. The molecule has 0 saturated carbocycles. The fraction of sp³-hybridized carbons (Fsp3) is 0.455. The lowest BCUT2D eigenvalue weighted by Gasteiger charge is -2.33. The van der Waals surface area contributed by atoms with E-state index in [0.29, 0.717) is 38.1 Å². The number of aryl methyl sites for hydroxylation is 2. The topological polar surface area (TPSA) is 109 Å². The maximum absolute atomic E-state index is 13.3. The Kier molecular flexibility index (Phi) is 7.77. The highest BCUT2D eigenvalue weighted by atomic mass is 32.2. The number of hydrogen-bond acceptors (Lipinski definition) is 6. The molecule has 8 nitrogen and oxygen atoms in total. The van der Waals surface area contributed by atoms with Gasteiger partial charge in [-0.25, -0.2) is 18.2 Å². The molecule has 3 rings (SSSR count). The van der Waals surface area contributed by atoms with Gasteiger partial charge in [0, 0.05) is 25.5 Å². The summed E-state index contributed by atoms with van der Waals surface area (Å²) in [4.78, 5) is 15.7. The normalized spacial score (nSPS) is 16.7. The van der Waals surface area contributed by atoms with Crippen LogP contribution in [0.2, 0.25) is 0 Å². The third-order valence-electron chi connectivity index (χ3n) is 5.65. The predicted molar refractivity (Wildman–Crippen MR) is 116 cm³/mol. The van der Waals surface area contributed by atoms with Gasteiger partial charge in [-0.2, -0.15) is 0 Å². The van der Waals surface area contributed by atoms with E-state index in [0.717, 1.165) is 5.56 Å². The Labute approximate surface area is 183 Å². The summed E-state index contributed by atoms with van der Waals surface area (Å²) in [6.45, 7) is 5.23. The van der Waals surface area contributed by atoms with Gasteiger partial charge in [-0.1, -0.05) is 29.8 Å². The molecule has 31 heavy (non-hydrogen) atoms. The Balaban J connectivity index is 1.64. The maximum atomic E-state index is 13.3. The predicted octanol–water partition coefficient (Wildman–Crippen LogP) is 2.65. The van der Waals surface area contributed by atoms with Gasteiger partial charge in [0.05, 0.1) is 19.1 Å². The molecule has 1 atom stereocenters. The largest absolute Gasteiger partial charge is 0.373 e. The van der Waals surface area contributed by atoms with Gasteiger partial charge < -0.3 is 4.74 Å². The molecule has 1 fully saturated rings. The number of rotatable bonds is 8. The van der Waals surface area contributed by atoms with Gasteiger partial charge in [-0.05, 0) is 49.4 Å². The van der Waals surface area contributed by atoms with Gasteiger partial charge >= 0.3 is 0 Å². The van der Waals surface area contributed by atoms with Crippen molar-refractivity contribution < 1.29 is 23.2 Å². The van der Waals surface area contributed by atoms with Crippen molar-refractivity contribution in [1.82, 2.24) is 14.8 Å². The summed E-state index contributed by atoms with van der Waals surface area (Å²) in [5.41, 5.74) is 5.43. The van der Waals surface area contributed by atoms with Gasteiger partial charge in [0.1, 0.15) is 5.25 Å². The maximum Gasteiger partial charge on any atom is 0.245 e. The molecular formula is C22H29N3O5S. The van der Waals surface area contributed by atoms with Crippen molar-refractivity contribution in [2.45, 2.75) is 51.1 Å². The SMILES string of the molecule is Cc1ccc(C)c(COC2CCN(S(=O)(=O)[C@H](CC(=O)NO)c3cccnc3)CC2)c1. The molecule has 0 radical (unpaired) electrons. The van der Waals surface area contributed by atoms with Crippen molar-refractivity contribution in [3.8, 4) is 0 Å². The molecule has 1 aliphatic heterocycles. The molecule has 9 heteroatoms. The number of pyridine rings is 1. The number of hydrogen-bond donors (Lipinski definition) is 2. The summed E-state index contributed by atoms with van der Waals surface area (Å²) in [6.07, 6.45) is 3.73. The minimum atomic E-state index is -3.82. The summed E-state index contributed by atoms with van der Waals surface area (Å²) >= 11 is 0. The smallest absolute Gasteiger partial charge is 0.245 e. The number of carbonyl (C=O) groups is 1. The molecule has 1 amide bonds. The summed E-state index contributed by atoms with van der Waals surface area (Å²) in [5, 5.41) is 7.78. The molecular weight excluding hydrogens is 418 g/mol. The van der Waals surface area contributed by atoms with Gasteiger partial charge in [-0.3, -0.25) is 15.0 Å². The lowest BCUT2D eigenvalue weighted by atomic mass is 10.1. The minimum Gasteiger partial charge on any atom is -0.373 e. The van der Waals surface area contributed by atoms with E-state index >= 15 is 0 Å². The molecule has 0 bridgehead atoms. The second kappa shape index (κ2) is 10.3. The zero-order valence-corrected chi connectivity index (χ0v) is 18.6. The monoisotopic (exact) mass is 447 g/mol. The van der Waals surface area contributed by atoms with E-state index in [4.69, 9.17) is 9.94 Å². The van der Waals surface area contributed by atoms with E-state index in [-0.39, 0.29) is 12.5 Å². The van der Waals surface area contributed by atoms with Crippen molar-refractivity contribution in [2.24, 2.45) is 0 Å². The third kappa shape index (κ3) is 5.88. The van der Waals surface area contributed by atoms with Gasteiger partial charge in [-0.15, -0.1) is 0 Å². The van der Waals surface area contributed by atoms with E-state index in [2.05, 4.69) is 30.1 Å². The van der Waals surface area contributed by atoms with Crippen LogP contribution in [0.25, 0.3) is 0 Å². The van der Waals surface area contributed by atoms with E-state index in [1.54, 1.807) is 12.1 Å². The summed E-state index contributed by atoms with van der Waals surface area (Å²) < 4.78 is 34.1. The molecule has 1 aromatic heterocycles. The van der Waals surface area contributed by atoms with Crippen LogP contribution >= 0.6 is 0 Å². The fourth-order valence-electron chi connectivity index (χ4n) is 3.77. The first kappa shape index (κ1) is 23.3. The van der Waals surface area contributed by atoms with Crippen molar-refractivity contribution in [2.75, 3.05) is 13.1 Å². The molecule has 1 aromatic carbocycles. The zero-order valence-electron chi connectivity index (χ0n) is 17.8. The lowest BCUT2D eigenvalue weighted by molar-refractivity contribution is -0.129. The van der Waals surface area contributed by atoms with Crippen LogP contribution < -0.4 is 5.48 Å². The fourth-order valence-corrected chi connectivity index (χ4v) is 5.70. The standard InChI is InChI=1S/C22H29N3O5S/c1-16-5-6-17(2)19(12-16)15-30-20-7-10-25(11-8-20)31(28,29)21(13-22(26)24-27)18-4-3-9-23-14-18/h3-6,9,12,14,20-21,27H,7-8,10-11,13,15H2,1-2H3,(H,24,26)/t21-/m1/s1. The van der Waals surface area contributed by atoms with E-state index in [1.807, 2.05) is 6.92 Å². The Morgan fingerprint density at radius 3 is 2.68 bits per heavy atom. The highest BCUT2D eigenvalue weighted by molar-refractivity contribution is 7.89. The molecule has 1 aliphatic rings. The second-order valence-corrected chi connectivity index (χ2v) is 10.0. The Morgan fingerprint density at radius 2 is 2.03 bits per heavy atom. The number of nitrogens with zero attached hydrogens (tertiary/aromatic N) is 2. The van der Waals surface area contributed by atoms with E-state index in [1.165, 1.54) is 33.3 Å². The molecule has 2 heterocycles. The van der Waals surface area contributed by atoms with Crippen LogP contribution in [0.3, 0.4) is 0 Å². The van der Waals surface area contributed by atoms with Crippen molar-refractivity contribution in [1.29, 1.82) is 0 Å². The molecule has 2 aromatic rings. The Hall–Kier alpha value is -2.33. The summed E-state index contributed by atoms with van der Waals surface area (Å²) in [6, 6.07) is 9.50. The number of hydroxylamine groups is 1. The lowest BCUT2D eigenvalue weighted by Crippen LogP contribution is -2.43. The Morgan fingerprint density at radius 1 is 1.29 bits per heavy atom. The molecule has 1 saturated heterocycles. The van der Waals surface area contributed by atoms with Gasteiger partial charge in [0.15, 0.2) is 0 Å². The first-order valence-corrected chi connectivity index (χ1v) is 11.8. The minimum absolute atomic E-state index is 0.0241. The second-order valence-electron chi connectivity index (χ2n) is 7.90. The van der Waals surface area contributed by atoms with Crippen LogP contribution in [-0.4, -0.2) is 48.0 Å². The number of nitrogens with one attached hydrogen (secondary N) is 1. The average Bonchev–Trinajstić information content (AvgIpc) is 2.78. The highest BCUT2D eigenvalue weighted by Gasteiger charge is 2.37. The number of benzene rings is 1. The number of sulfonamides is 1. The van der Waals surface area contributed by atoms with Crippen LogP contribution in [0.4, 0.5) is 0 Å². The molecule has 0 spiro atoms. The number of carbonyl (C=O) groups excluding carboxylic acids is 1. The average molecular weight is 448 g/mol. The molecule has 0 aliphatic carbocycles. The van der Waals surface area contributed by atoms with E-state index < -0.39 is 21.2 Å². The van der Waals surface area contributed by atoms with Crippen LogP contribution in [0, 0.1) is 13.8 Å². The quantitative estimate of drug-likeness (QED) is 0.476.